The highest BCUT2D eigenvalue weighted by Gasteiger charge is 2.14. The number of hydrogen-bond donors (Lipinski definition) is 1. The van der Waals surface area contributed by atoms with Gasteiger partial charge in [0.15, 0.2) is 0 Å². The van der Waals surface area contributed by atoms with Crippen molar-refractivity contribution in [3.05, 3.63) is 29.3 Å². The summed E-state index contributed by atoms with van der Waals surface area (Å²) in [6, 6.07) is 6.68. The molecule has 1 aromatic carbocycles. The van der Waals surface area contributed by atoms with Crippen LogP contribution in [0.5, 0.6) is 0 Å². The SMILES string of the molecule is Cc1cc(C)cc(N(C)CC(CN)C(C)C)c1. The van der Waals surface area contributed by atoms with Crippen LogP contribution in [0.1, 0.15) is 25.0 Å². The van der Waals surface area contributed by atoms with Crippen molar-refractivity contribution in [2.24, 2.45) is 17.6 Å². The highest BCUT2D eigenvalue weighted by Crippen LogP contribution is 2.20. The molecule has 1 atom stereocenters. The summed E-state index contributed by atoms with van der Waals surface area (Å²) in [5, 5.41) is 0. The molecule has 1 aromatic rings. The fraction of sp³-hybridized carbons (Fsp3) is 0.600. The minimum Gasteiger partial charge on any atom is -0.374 e. The molecule has 0 aliphatic rings. The molecule has 0 spiro atoms. The highest BCUT2D eigenvalue weighted by molar-refractivity contribution is 5.50. The lowest BCUT2D eigenvalue weighted by atomic mass is 9.95. The quantitative estimate of drug-likeness (QED) is 0.848. The van der Waals surface area contributed by atoms with E-state index in [9.17, 15) is 0 Å². The van der Waals surface area contributed by atoms with Gasteiger partial charge in [0.1, 0.15) is 0 Å². The van der Waals surface area contributed by atoms with Crippen LogP contribution in [0.4, 0.5) is 5.69 Å². The molecule has 2 nitrogen and oxygen atoms in total. The van der Waals surface area contributed by atoms with Crippen LogP contribution in [0.2, 0.25) is 0 Å². The third-order valence-corrected chi connectivity index (χ3v) is 3.40. The molecule has 2 heteroatoms. The fourth-order valence-electron chi connectivity index (χ4n) is 2.19. The van der Waals surface area contributed by atoms with Crippen LogP contribution in [0, 0.1) is 25.7 Å². The molecule has 0 aliphatic carbocycles. The smallest absolute Gasteiger partial charge is 0.0369 e. The van der Waals surface area contributed by atoms with Gasteiger partial charge < -0.3 is 10.6 Å². The van der Waals surface area contributed by atoms with Crippen molar-refractivity contribution in [2.45, 2.75) is 27.7 Å². The third-order valence-electron chi connectivity index (χ3n) is 3.40. The first-order valence-corrected chi connectivity index (χ1v) is 6.43. The zero-order chi connectivity index (χ0) is 13.0. The Kier molecular flexibility index (Phi) is 5.01. The standard InChI is InChI=1S/C15H26N2/c1-11(2)14(9-16)10-17(5)15-7-12(3)6-13(4)8-15/h6-8,11,14H,9-10,16H2,1-5H3. The topological polar surface area (TPSA) is 29.3 Å². The molecule has 1 unspecified atom stereocenters. The van der Waals surface area contributed by atoms with Crippen LogP contribution in [-0.4, -0.2) is 20.1 Å². The normalized spacial score (nSPS) is 12.9. The second-order valence-electron chi connectivity index (χ2n) is 5.47. The Hall–Kier alpha value is -1.02. The van der Waals surface area contributed by atoms with Gasteiger partial charge >= 0.3 is 0 Å². The summed E-state index contributed by atoms with van der Waals surface area (Å²) in [5.74, 6) is 1.19. The van der Waals surface area contributed by atoms with E-state index >= 15 is 0 Å². The summed E-state index contributed by atoms with van der Waals surface area (Å²) in [6.07, 6.45) is 0. The number of anilines is 1. The van der Waals surface area contributed by atoms with E-state index in [1.165, 1.54) is 16.8 Å². The molecular weight excluding hydrogens is 208 g/mol. The average molecular weight is 234 g/mol. The molecule has 1 rings (SSSR count). The molecule has 2 N–H and O–H groups in total. The summed E-state index contributed by atoms with van der Waals surface area (Å²) < 4.78 is 0. The van der Waals surface area contributed by atoms with Gasteiger partial charge in [-0.05, 0) is 55.5 Å². The van der Waals surface area contributed by atoms with Gasteiger partial charge in [-0.1, -0.05) is 19.9 Å². The van der Waals surface area contributed by atoms with E-state index in [0.717, 1.165) is 13.1 Å². The van der Waals surface area contributed by atoms with Gasteiger partial charge in [-0.15, -0.1) is 0 Å². The second kappa shape index (κ2) is 6.06. The minimum absolute atomic E-state index is 0.556. The van der Waals surface area contributed by atoms with Crippen LogP contribution in [0.3, 0.4) is 0 Å². The van der Waals surface area contributed by atoms with Crippen molar-refractivity contribution in [1.82, 2.24) is 0 Å². The summed E-state index contributed by atoms with van der Waals surface area (Å²) in [4.78, 5) is 2.32. The van der Waals surface area contributed by atoms with Gasteiger partial charge in [0, 0.05) is 19.3 Å². The number of benzene rings is 1. The van der Waals surface area contributed by atoms with Crippen molar-refractivity contribution < 1.29 is 0 Å². The first-order valence-electron chi connectivity index (χ1n) is 6.43. The largest absolute Gasteiger partial charge is 0.374 e. The molecule has 0 saturated heterocycles. The minimum atomic E-state index is 0.556. The maximum atomic E-state index is 5.83. The van der Waals surface area contributed by atoms with E-state index in [1.807, 2.05) is 0 Å². The number of aryl methyl sites for hydroxylation is 2. The second-order valence-corrected chi connectivity index (χ2v) is 5.47. The first-order chi connectivity index (χ1) is 7.93. The zero-order valence-electron chi connectivity index (χ0n) is 11.8. The lowest BCUT2D eigenvalue weighted by Crippen LogP contribution is -2.33. The molecule has 0 amide bonds. The number of nitrogens with two attached hydrogens (primary N) is 1. The van der Waals surface area contributed by atoms with E-state index < -0.39 is 0 Å². The Morgan fingerprint density at radius 2 is 1.65 bits per heavy atom. The summed E-state index contributed by atoms with van der Waals surface area (Å²) in [6.45, 7) is 10.6. The van der Waals surface area contributed by atoms with E-state index in [0.29, 0.717) is 11.8 Å². The van der Waals surface area contributed by atoms with Gasteiger partial charge in [-0.2, -0.15) is 0 Å². The predicted octanol–water partition coefficient (Wildman–Crippen LogP) is 2.97. The molecule has 0 bridgehead atoms. The Bertz CT molecular complexity index is 338. The maximum absolute atomic E-state index is 5.83. The van der Waals surface area contributed by atoms with Crippen molar-refractivity contribution in [2.75, 3.05) is 25.0 Å². The van der Waals surface area contributed by atoms with Gasteiger partial charge in [-0.3, -0.25) is 0 Å². The molecule has 17 heavy (non-hydrogen) atoms. The van der Waals surface area contributed by atoms with Crippen LogP contribution in [-0.2, 0) is 0 Å². The maximum Gasteiger partial charge on any atom is 0.0369 e. The zero-order valence-corrected chi connectivity index (χ0v) is 11.8. The van der Waals surface area contributed by atoms with Crippen molar-refractivity contribution >= 4 is 5.69 Å². The molecule has 0 heterocycles. The Morgan fingerprint density at radius 1 is 1.12 bits per heavy atom. The van der Waals surface area contributed by atoms with Gasteiger partial charge in [0.2, 0.25) is 0 Å². The van der Waals surface area contributed by atoms with Gasteiger partial charge in [0.05, 0.1) is 0 Å². The summed E-state index contributed by atoms with van der Waals surface area (Å²) >= 11 is 0. The van der Waals surface area contributed by atoms with E-state index in [2.05, 4.69) is 57.8 Å². The number of rotatable bonds is 5. The summed E-state index contributed by atoms with van der Waals surface area (Å²) in [5.41, 5.74) is 9.77. The molecular formula is C15H26N2. The lowest BCUT2D eigenvalue weighted by molar-refractivity contribution is 0.398. The Balaban J connectivity index is 2.78. The third kappa shape index (κ3) is 4.04. The Labute approximate surface area is 106 Å². The van der Waals surface area contributed by atoms with Crippen LogP contribution >= 0.6 is 0 Å². The molecule has 0 aliphatic heterocycles. The molecule has 0 saturated carbocycles. The monoisotopic (exact) mass is 234 g/mol. The number of hydrogen-bond acceptors (Lipinski definition) is 2. The predicted molar refractivity (Wildman–Crippen MR) is 76.6 cm³/mol. The van der Waals surface area contributed by atoms with Gasteiger partial charge in [-0.25, -0.2) is 0 Å². The van der Waals surface area contributed by atoms with Crippen LogP contribution in [0.25, 0.3) is 0 Å². The van der Waals surface area contributed by atoms with Crippen molar-refractivity contribution in [3.63, 3.8) is 0 Å². The molecule has 0 aromatic heterocycles. The lowest BCUT2D eigenvalue weighted by Gasteiger charge is -2.27. The summed E-state index contributed by atoms with van der Waals surface area (Å²) in [7, 11) is 2.15. The van der Waals surface area contributed by atoms with Crippen LogP contribution in [0.15, 0.2) is 18.2 Å². The molecule has 0 fully saturated rings. The van der Waals surface area contributed by atoms with E-state index in [-0.39, 0.29) is 0 Å². The number of nitrogens with zero attached hydrogens (tertiary/aromatic N) is 1. The van der Waals surface area contributed by atoms with Crippen molar-refractivity contribution in [1.29, 1.82) is 0 Å². The highest BCUT2D eigenvalue weighted by atomic mass is 15.1. The van der Waals surface area contributed by atoms with Crippen LogP contribution < -0.4 is 10.6 Å². The van der Waals surface area contributed by atoms with E-state index in [1.54, 1.807) is 0 Å². The van der Waals surface area contributed by atoms with E-state index in [4.69, 9.17) is 5.73 Å². The van der Waals surface area contributed by atoms with Gasteiger partial charge in [0.25, 0.3) is 0 Å². The average Bonchev–Trinajstić information content (AvgIpc) is 2.23. The molecule has 96 valence electrons. The van der Waals surface area contributed by atoms with Crippen molar-refractivity contribution in [3.8, 4) is 0 Å². The fourth-order valence-corrected chi connectivity index (χ4v) is 2.19. The molecule has 0 radical (unpaired) electrons. The first kappa shape index (κ1) is 14.0. The Morgan fingerprint density at radius 3 is 2.06 bits per heavy atom.